The second-order valence-corrected chi connectivity index (χ2v) is 6.27. The summed E-state index contributed by atoms with van der Waals surface area (Å²) in [5, 5.41) is 0. The maximum absolute atomic E-state index is 5.65. The molecule has 5 heteroatoms. The van der Waals surface area contributed by atoms with Crippen LogP contribution in [0.25, 0.3) is 0 Å². The third kappa shape index (κ3) is 3.16. The summed E-state index contributed by atoms with van der Waals surface area (Å²) < 4.78 is 0. The molecular formula is C15H22N4S. The Balaban J connectivity index is 1.63. The number of piperazine rings is 1. The Kier molecular flexibility index (Phi) is 4.29. The van der Waals surface area contributed by atoms with Crippen LogP contribution in [0, 0.1) is 0 Å². The lowest BCUT2D eigenvalue weighted by molar-refractivity contribution is 0.0457. The molecule has 0 radical (unpaired) electrons. The van der Waals surface area contributed by atoms with Crippen molar-refractivity contribution in [3.05, 3.63) is 29.6 Å². The summed E-state index contributed by atoms with van der Waals surface area (Å²) >= 11 is 5.00. The van der Waals surface area contributed by atoms with Crippen LogP contribution in [0.4, 0.5) is 0 Å². The van der Waals surface area contributed by atoms with Crippen LogP contribution in [0.3, 0.4) is 0 Å². The van der Waals surface area contributed by atoms with Gasteiger partial charge in [0.15, 0.2) is 0 Å². The van der Waals surface area contributed by atoms with Crippen molar-refractivity contribution in [1.82, 2.24) is 14.8 Å². The third-order valence-corrected chi connectivity index (χ3v) is 4.61. The first-order valence-electron chi connectivity index (χ1n) is 7.43. The SMILES string of the molecule is NC(=S)c1cc(CN2CCN3CCCCC3C2)ccn1. The van der Waals surface area contributed by atoms with E-state index < -0.39 is 0 Å². The fourth-order valence-electron chi connectivity index (χ4n) is 3.33. The highest BCUT2D eigenvalue weighted by atomic mass is 32.1. The fraction of sp³-hybridized carbons (Fsp3) is 0.600. The molecule has 108 valence electrons. The molecule has 1 aromatic rings. The number of piperidine rings is 1. The molecule has 2 aliphatic heterocycles. The molecule has 1 atom stereocenters. The molecule has 4 nitrogen and oxygen atoms in total. The van der Waals surface area contributed by atoms with Crippen LogP contribution in [-0.4, -0.2) is 52.0 Å². The maximum atomic E-state index is 5.65. The Hall–Kier alpha value is -1.04. The summed E-state index contributed by atoms with van der Waals surface area (Å²) in [6, 6.07) is 4.85. The van der Waals surface area contributed by atoms with Gasteiger partial charge in [0.05, 0.1) is 5.69 Å². The molecule has 0 amide bonds. The van der Waals surface area contributed by atoms with Gasteiger partial charge >= 0.3 is 0 Å². The number of hydrogen-bond donors (Lipinski definition) is 1. The van der Waals surface area contributed by atoms with Crippen molar-refractivity contribution in [3.8, 4) is 0 Å². The molecule has 1 aromatic heterocycles. The van der Waals surface area contributed by atoms with Crippen molar-refractivity contribution in [2.24, 2.45) is 5.73 Å². The summed E-state index contributed by atoms with van der Waals surface area (Å²) in [6.07, 6.45) is 5.92. The van der Waals surface area contributed by atoms with Crippen LogP contribution in [-0.2, 0) is 6.54 Å². The zero-order chi connectivity index (χ0) is 13.9. The third-order valence-electron chi connectivity index (χ3n) is 4.40. The van der Waals surface area contributed by atoms with Crippen molar-refractivity contribution >= 4 is 17.2 Å². The lowest BCUT2D eigenvalue weighted by atomic mass is 9.99. The van der Waals surface area contributed by atoms with E-state index in [1.54, 1.807) is 6.20 Å². The molecule has 1 unspecified atom stereocenters. The quantitative estimate of drug-likeness (QED) is 0.852. The molecule has 3 heterocycles. The number of hydrogen-bond acceptors (Lipinski definition) is 4. The van der Waals surface area contributed by atoms with Crippen molar-refractivity contribution in [2.75, 3.05) is 26.2 Å². The lowest BCUT2D eigenvalue weighted by Gasteiger charge is -2.44. The minimum atomic E-state index is 0.379. The molecular weight excluding hydrogens is 268 g/mol. The summed E-state index contributed by atoms with van der Waals surface area (Å²) in [4.78, 5) is 9.79. The van der Waals surface area contributed by atoms with E-state index in [0.29, 0.717) is 4.99 Å². The average molecular weight is 290 g/mol. The van der Waals surface area contributed by atoms with Gasteiger partial charge in [-0.2, -0.15) is 0 Å². The predicted octanol–water partition coefficient (Wildman–Crippen LogP) is 1.39. The Bertz CT molecular complexity index is 491. The second-order valence-electron chi connectivity index (χ2n) is 5.83. The molecule has 0 bridgehead atoms. The molecule has 2 aliphatic rings. The van der Waals surface area contributed by atoms with Gasteiger partial charge in [-0.3, -0.25) is 14.8 Å². The largest absolute Gasteiger partial charge is 0.388 e. The molecule has 2 fully saturated rings. The molecule has 0 aromatic carbocycles. The zero-order valence-corrected chi connectivity index (χ0v) is 12.6. The van der Waals surface area contributed by atoms with Gasteiger partial charge < -0.3 is 5.73 Å². The monoisotopic (exact) mass is 290 g/mol. The van der Waals surface area contributed by atoms with Crippen LogP contribution in [0.15, 0.2) is 18.3 Å². The number of rotatable bonds is 3. The molecule has 2 N–H and O–H groups in total. The number of fused-ring (bicyclic) bond motifs is 1. The minimum absolute atomic E-state index is 0.379. The van der Waals surface area contributed by atoms with Crippen LogP contribution in [0.1, 0.15) is 30.5 Å². The van der Waals surface area contributed by atoms with Gasteiger partial charge in [-0.25, -0.2) is 0 Å². The lowest BCUT2D eigenvalue weighted by Crippen LogP contribution is -2.54. The van der Waals surface area contributed by atoms with Crippen molar-refractivity contribution in [3.63, 3.8) is 0 Å². The molecule has 0 aliphatic carbocycles. The van der Waals surface area contributed by atoms with E-state index in [9.17, 15) is 0 Å². The predicted molar refractivity (Wildman–Crippen MR) is 84.6 cm³/mol. The highest BCUT2D eigenvalue weighted by molar-refractivity contribution is 7.80. The molecule has 2 saturated heterocycles. The van der Waals surface area contributed by atoms with E-state index in [2.05, 4.69) is 20.9 Å². The number of pyridine rings is 1. The number of nitrogens with zero attached hydrogens (tertiary/aromatic N) is 3. The van der Waals surface area contributed by atoms with Crippen LogP contribution < -0.4 is 5.73 Å². The number of aromatic nitrogens is 1. The first kappa shape index (κ1) is 13.9. The normalized spacial score (nSPS) is 24.3. The Labute approximate surface area is 126 Å². The van der Waals surface area contributed by atoms with Crippen LogP contribution in [0.2, 0.25) is 0 Å². The van der Waals surface area contributed by atoms with Gasteiger partial charge in [0.2, 0.25) is 0 Å². The topological polar surface area (TPSA) is 45.4 Å². The van der Waals surface area contributed by atoms with Crippen LogP contribution in [0.5, 0.6) is 0 Å². The zero-order valence-electron chi connectivity index (χ0n) is 11.8. The fourth-order valence-corrected chi connectivity index (χ4v) is 3.44. The minimum Gasteiger partial charge on any atom is -0.388 e. The van der Waals surface area contributed by atoms with Gasteiger partial charge in [0.1, 0.15) is 4.99 Å². The van der Waals surface area contributed by atoms with Crippen molar-refractivity contribution in [2.45, 2.75) is 31.8 Å². The summed E-state index contributed by atoms with van der Waals surface area (Å²) in [5.74, 6) is 0. The number of thiocarbonyl (C=S) groups is 1. The van der Waals surface area contributed by atoms with E-state index in [4.69, 9.17) is 18.0 Å². The molecule has 0 saturated carbocycles. The molecule has 0 spiro atoms. The van der Waals surface area contributed by atoms with Gasteiger partial charge in [-0.1, -0.05) is 18.6 Å². The first-order valence-corrected chi connectivity index (χ1v) is 7.84. The number of nitrogens with two attached hydrogens (primary N) is 1. The van der Waals surface area contributed by atoms with Gasteiger partial charge in [-0.15, -0.1) is 0 Å². The van der Waals surface area contributed by atoms with Crippen molar-refractivity contribution in [1.29, 1.82) is 0 Å². The molecule has 3 rings (SSSR count). The summed E-state index contributed by atoms with van der Waals surface area (Å²) in [7, 11) is 0. The van der Waals surface area contributed by atoms with Crippen LogP contribution >= 0.6 is 12.2 Å². The Morgan fingerprint density at radius 3 is 3.10 bits per heavy atom. The summed E-state index contributed by atoms with van der Waals surface area (Å²) in [5.41, 5.74) is 7.64. The van der Waals surface area contributed by atoms with Gasteiger partial charge in [0.25, 0.3) is 0 Å². The van der Waals surface area contributed by atoms with Gasteiger partial charge in [0, 0.05) is 38.4 Å². The first-order chi connectivity index (χ1) is 9.72. The maximum Gasteiger partial charge on any atom is 0.122 e. The standard InChI is InChI=1S/C15H22N4S/c16-15(20)14-9-12(4-5-17-14)10-18-7-8-19-6-2-1-3-13(19)11-18/h4-5,9,13H,1-3,6-8,10-11H2,(H2,16,20). The van der Waals surface area contributed by atoms with E-state index >= 15 is 0 Å². The smallest absolute Gasteiger partial charge is 0.122 e. The van der Waals surface area contributed by atoms with E-state index in [1.807, 2.05) is 6.07 Å². The van der Waals surface area contributed by atoms with E-state index in [0.717, 1.165) is 24.8 Å². The van der Waals surface area contributed by atoms with Crippen molar-refractivity contribution < 1.29 is 0 Å². The Morgan fingerprint density at radius 2 is 2.25 bits per heavy atom. The average Bonchev–Trinajstić information content (AvgIpc) is 2.47. The van der Waals surface area contributed by atoms with E-state index in [-0.39, 0.29) is 0 Å². The van der Waals surface area contributed by atoms with Gasteiger partial charge in [-0.05, 0) is 37.1 Å². The summed E-state index contributed by atoms with van der Waals surface area (Å²) in [6.45, 7) is 5.81. The Morgan fingerprint density at radius 1 is 1.35 bits per heavy atom. The van der Waals surface area contributed by atoms with E-state index in [1.165, 1.54) is 44.5 Å². The second kappa shape index (κ2) is 6.16. The highest BCUT2D eigenvalue weighted by Crippen LogP contribution is 2.22. The molecule has 20 heavy (non-hydrogen) atoms. The highest BCUT2D eigenvalue weighted by Gasteiger charge is 2.28.